The molecule has 5 nitrogen and oxygen atoms in total. The molecule has 4 rings (SSSR count). The Morgan fingerprint density at radius 3 is 2.61 bits per heavy atom. The summed E-state index contributed by atoms with van der Waals surface area (Å²) in [6.07, 6.45) is 0. The zero-order valence-electron chi connectivity index (χ0n) is 16.1. The van der Waals surface area contributed by atoms with E-state index in [9.17, 15) is 4.79 Å². The van der Waals surface area contributed by atoms with Gasteiger partial charge >= 0.3 is 0 Å². The van der Waals surface area contributed by atoms with Gasteiger partial charge in [-0.15, -0.1) is 11.3 Å². The van der Waals surface area contributed by atoms with E-state index in [1.165, 1.54) is 17.4 Å². The third-order valence-electron chi connectivity index (χ3n) is 4.99. The van der Waals surface area contributed by atoms with Crippen LogP contribution in [0.15, 0.2) is 33.8 Å². The molecule has 1 N–H and O–H groups in total. The number of halogens is 1. The van der Waals surface area contributed by atoms with Gasteiger partial charge in [-0.2, -0.15) is 0 Å². The lowest BCUT2D eigenvalue weighted by atomic mass is 9.96. The third-order valence-corrected chi connectivity index (χ3v) is 6.46. The predicted octanol–water partition coefficient (Wildman–Crippen LogP) is 5.01. The molecule has 1 aromatic carbocycles. The van der Waals surface area contributed by atoms with Crippen molar-refractivity contribution in [3.05, 3.63) is 62.3 Å². The van der Waals surface area contributed by atoms with Gasteiger partial charge in [-0.3, -0.25) is 9.79 Å². The number of aromatic nitrogens is 1. The van der Waals surface area contributed by atoms with Crippen LogP contribution in [0.25, 0.3) is 10.4 Å². The molecule has 0 saturated heterocycles. The summed E-state index contributed by atoms with van der Waals surface area (Å²) in [7, 11) is 0. The summed E-state index contributed by atoms with van der Waals surface area (Å²) >= 11 is 7.82. The maximum Gasteiger partial charge on any atom is 0.216 e. The lowest BCUT2D eigenvalue weighted by molar-refractivity contribution is -0.119. The van der Waals surface area contributed by atoms with Crippen molar-refractivity contribution in [1.82, 2.24) is 10.5 Å². The van der Waals surface area contributed by atoms with Crippen LogP contribution in [0.2, 0.25) is 5.02 Å². The maximum absolute atomic E-state index is 11.5. The zero-order chi connectivity index (χ0) is 20.0. The highest BCUT2D eigenvalue weighted by Gasteiger charge is 2.33. The van der Waals surface area contributed by atoms with Gasteiger partial charge in [0, 0.05) is 39.4 Å². The molecular weight excluding hydrogens is 394 g/mol. The number of hydrogen-bond donors (Lipinski definition) is 1. The molecule has 0 unspecified atom stereocenters. The minimum absolute atomic E-state index is 0.105. The van der Waals surface area contributed by atoms with Crippen molar-refractivity contribution >= 4 is 34.6 Å². The second-order valence-electron chi connectivity index (χ2n) is 6.93. The Morgan fingerprint density at radius 2 is 1.93 bits per heavy atom. The molecule has 1 amide bonds. The monoisotopic (exact) mass is 413 g/mol. The van der Waals surface area contributed by atoms with Crippen LogP contribution in [-0.2, 0) is 4.79 Å². The summed E-state index contributed by atoms with van der Waals surface area (Å²) in [5.41, 5.74) is 5.98. The van der Waals surface area contributed by atoms with Crippen LogP contribution < -0.4 is 5.32 Å². The van der Waals surface area contributed by atoms with Crippen molar-refractivity contribution < 1.29 is 9.32 Å². The number of aliphatic imine (C=N–C) groups is 1. The molecule has 0 bridgehead atoms. The molecule has 0 fully saturated rings. The number of rotatable bonds is 3. The van der Waals surface area contributed by atoms with Crippen LogP contribution in [0.5, 0.6) is 0 Å². The number of amides is 1. The molecule has 3 aromatic rings. The number of hydrogen-bond acceptors (Lipinski definition) is 5. The normalized spacial score (nSPS) is 15.5. The quantitative estimate of drug-likeness (QED) is 0.656. The van der Waals surface area contributed by atoms with Crippen molar-refractivity contribution in [3.63, 3.8) is 0 Å². The maximum atomic E-state index is 11.5. The number of fused-ring (bicyclic) bond motifs is 3. The second kappa shape index (κ2) is 7.18. The van der Waals surface area contributed by atoms with E-state index in [4.69, 9.17) is 21.1 Å². The van der Waals surface area contributed by atoms with Gasteiger partial charge in [-0.25, -0.2) is 0 Å². The Morgan fingerprint density at radius 1 is 1.21 bits per heavy atom. The first-order valence-electron chi connectivity index (χ1n) is 9.02. The van der Waals surface area contributed by atoms with Crippen molar-refractivity contribution in [2.45, 2.75) is 33.7 Å². The van der Waals surface area contributed by atoms with Gasteiger partial charge in [0.25, 0.3) is 0 Å². The summed E-state index contributed by atoms with van der Waals surface area (Å²) in [6.45, 7) is 8.02. The highest BCUT2D eigenvalue weighted by Crippen LogP contribution is 2.45. The first-order valence-corrected chi connectivity index (χ1v) is 10.2. The molecule has 7 heteroatoms. The van der Waals surface area contributed by atoms with Crippen LogP contribution in [0.1, 0.15) is 46.0 Å². The Labute approximate surface area is 172 Å². The Hall–Kier alpha value is -2.44. The smallest absolute Gasteiger partial charge is 0.216 e. The van der Waals surface area contributed by atoms with Crippen molar-refractivity contribution in [1.29, 1.82) is 0 Å². The van der Waals surface area contributed by atoms with Gasteiger partial charge < -0.3 is 9.84 Å². The Balaban J connectivity index is 1.98. The van der Waals surface area contributed by atoms with Crippen molar-refractivity contribution in [3.8, 4) is 10.4 Å². The molecule has 0 spiro atoms. The summed E-state index contributed by atoms with van der Waals surface area (Å²) in [5.74, 6) is 0.588. The molecule has 28 heavy (non-hydrogen) atoms. The fourth-order valence-corrected chi connectivity index (χ4v) is 4.85. The second-order valence-corrected chi connectivity index (χ2v) is 8.59. The Kier molecular flexibility index (Phi) is 4.85. The molecule has 0 saturated carbocycles. The minimum atomic E-state index is -0.356. The van der Waals surface area contributed by atoms with Gasteiger partial charge in [-0.05, 0) is 38.5 Å². The van der Waals surface area contributed by atoms with E-state index in [-0.39, 0.29) is 11.9 Å². The van der Waals surface area contributed by atoms with Gasteiger partial charge in [0.15, 0.2) is 5.76 Å². The molecule has 1 atom stereocenters. The molecule has 1 aliphatic rings. The van der Waals surface area contributed by atoms with E-state index in [0.29, 0.717) is 17.3 Å². The van der Waals surface area contributed by atoms with Crippen molar-refractivity contribution in [2.75, 3.05) is 6.54 Å². The number of carbonyl (C=O) groups is 1. The highest BCUT2D eigenvalue weighted by atomic mass is 35.5. The van der Waals surface area contributed by atoms with Gasteiger partial charge in [-0.1, -0.05) is 28.9 Å². The molecular formula is C21H20ClN3O2S. The van der Waals surface area contributed by atoms with Crippen LogP contribution in [-0.4, -0.2) is 23.3 Å². The van der Waals surface area contributed by atoms with Gasteiger partial charge in [0.05, 0.1) is 17.0 Å². The lowest BCUT2D eigenvalue weighted by Gasteiger charge is -2.13. The average Bonchev–Trinajstić information content (AvgIpc) is 3.12. The van der Waals surface area contributed by atoms with Crippen LogP contribution in [0.4, 0.5) is 0 Å². The molecule has 144 valence electrons. The molecule has 0 radical (unpaired) electrons. The Bertz CT molecular complexity index is 1100. The summed E-state index contributed by atoms with van der Waals surface area (Å²) in [6, 6.07) is 7.33. The number of benzene rings is 1. The summed E-state index contributed by atoms with van der Waals surface area (Å²) in [4.78, 5) is 18.9. The predicted molar refractivity (Wildman–Crippen MR) is 113 cm³/mol. The van der Waals surface area contributed by atoms with E-state index >= 15 is 0 Å². The van der Waals surface area contributed by atoms with Crippen LogP contribution in [0, 0.1) is 20.8 Å². The van der Waals surface area contributed by atoms with E-state index < -0.39 is 0 Å². The third kappa shape index (κ3) is 3.16. The minimum Gasteiger partial charge on any atom is -0.358 e. The van der Waals surface area contributed by atoms with E-state index in [1.54, 1.807) is 11.3 Å². The molecule has 1 aliphatic heterocycles. The van der Waals surface area contributed by atoms with E-state index in [0.717, 1.165) is 33.0 Å². The number of nitrogens with zero attached hydrogens (tertiary/aromatic N) is 2. The lowest BCUT2D eigenvalue weighted by Crippen LogP contribution is -2.25. The van der Waals surface area contributed by atoms with E-state index in [1.807, 2.05) is 31.2 Å². The van der Waals surface area contributed by atoms with Gasteiger partial charge in [0.1, 0.15) is 6.04 Å². The number of carbonyl (C=O) groups excluding carboxylic acids is 1. The number of thiophene rings is 1. The fourth-order valence-electron chi connectivity index (χ4n) is 3.46. The molecule has 0 aliphatic carbocycles. The van der Waals surface area contributed by atoms with Crippen molar-refractivity contribution in [2.24, 2.45) is 4.99 Å². The topological polar surface area (TPSA) is 67.5 Å². The van der Waals surface area contributed by atoms with Crippen LogP contribution in [0.3, 0.4) is 0 Å². The zero-order valence-corrected chi connectivity index (χ0v) is 17.7. The fraction of sp³-hybridized carbons (Fsp3) is 0.286. The van der Waals surface area contributed by atoms with Crippen LogP contribution >= 0.6 is 22.9 Å². The number of nitrogens with one attached hydrogen (secondary N) is 1. The van der Waals surface area contributed by atoms with Gasteiger partial charge in [0.2, 0.25) is 5.91 Å². The first-order chi connectivity index (χ1) is 13.4. The SMILES string of the molecule is CC(=O)NC[C@@H]1N=C(c2ccc(Cl)cc2)c2c(sc(C)c2C)-c2c(C)noc21. The largest absolute Gasteiger partial charge is 0.358 e. The highest BCUT2D eigenvalue weighted by molar-refractivity contribution is 7.16. The molecule has 2 aromatic heterocycles. The van der Waals surface area contributed by atoms with E-state index in [2.05, 4.69) is 24.3 Å². The first kappa shape index (κ1) is 18.9. The standard InChI is InChI=1S/C21H20ClN3O2S/c1-10-12(3)28-21-17(10)19(14-5-7-15(22)8-6-14)24-16(9-23-13(4)26)20-18(21)11(2)25-27-20/h5-8,16H,9H2,1-4H3,(H,23,26)/t16-/m0/s1. The summed E-state index contributed by atoms with van der Waals surface area (Å²) < 4.78 is 5.70. The average molecular weight is 414 g/mol. The summed E-state index contributed by atoms with van der Waals surface area (Å²) in [5, 5.41) is 7.74. The number of aryl methyl sites for hydroxylation is 2. The molecule has 3 heterocycles.